The van der Waals surface area contributed by atoms with E-state index in [1.54, 1.807) is 22.7 Å². The van der Waals surface area contributed by atoms with Crippen LogP contribution in [-0.2, 0) is 4.74 Å². The third-order valence-electron chi connectivity index (χ3n) is 3.75. The van der Waals surface area contributed by atoms with Gasteiger partial charge in [-0.1, -0.05) is 6.07 Å². The number of ether oxygens (including phenoxy) is 1. The number of rotatable bonds is 3. The lowest BCUT2D eigenvalue weighted by Gasteiger charge is -2.34. The van der Waals surface area contributed by atoms with Crippen molar-refractivity contribution in [3.8, 4) is 0 Å². The lowest BCUT2D eigenvalue weighted by Crippen LogP contribution is -2.41. The number of anilines is 1. The SMILES string of the molecule is CC1(Nc2nc3ccccn3c2C(=O)O)CCOCC1. The van der Waals surface area contributed by atoms with Crippen LogP contribution in [0.4, 0.5) is 5.82 Å². The fourth-order valence-electron chi connectivity index (χ4n) is 2.52. The van der Waals surface area contributed by atoms with Gasteiger partial charge in [0.25, 0.3) is 0 Å². The lowest BCUT2D eigenvalue weighted by atomic mass is 9.92. The third kappa shape index (κ3) is 2.22. The first-order chi connectivity index (χ1) is 9.59. The van der Waals surface area contributed by atoms with Crippen molar-refractivity contribution in [3.05, 3.63) is 30.1 Å². The summed E-state index contributed by atoms with van der Waals surface area (Å²) in [6, 6.07) is 5.43. The molecule has 2 N–H and O–H groups in total. The summed E-state index contributed by atoms with van der Waals surface area (Å²) in [4.78, 5) is 15.9. The second kappa shape index (κ2) is 4.79. The summed E-state index contributed by atoms with van der Waals surface area (Å²) in [5.41, 5.74) is 0.622. The highest BCUT2D eigenvalue weighted by molar-refractivity contribution is 5.93. The largest absolute Gasteiger partial charge is 0.476 e. The second-order valence-corrected chi connectivity index (χ2v) is 5.34. The van der Waals surface area contributed by atoms with Crippen molar-refractivity contribution in [2.24, 2.45) is 0 Å². The Morgan fingerprint density at radius 1 is 1.45 bits per heavy atom. The molecular formula is C14H17N3O3. The zero-order valence-corrected chi connectivity index (χ0v) is 11.3. The molecule has 1 fully saturated rings. The molecule has 0 atom stereocenters. The zero-order valence-electron chi connectivity index (χ0n) is 11.3. The van der Waals surface area contributed by atoms with Crippen LogP contribution < -0.4 is 5.32 Å². The summed E-state index contributed by atoms with van der Waals surface area (Å²) in [5, 5.41) is 12.7. The molecule has 0 unspecified atom stereocenters. The number of fused-ring (bicyclic) bond motifs is 1. The molecule has 3 rings (SSSR count). The minimum absolute atomic E-state index is 0.174. The Hall–Kier alpha value is -2.08. The van der Waals surface area contributed by atoms with Gasteiger partial charge >= 0.3 is 5.97 Å². The molecule has 0 aromatic carbocycles. The minimum atomic E-state index is -0.984. The number of hydrogen-bond acceptors (Lipinski definition) is 4. The van der Waals surface area contributed by atoms with Crippen molar-refractivity contribution in [1.82, 2.24) is 9.38 Å². The van der Waals surface area contributed by atoms with Crippen molar-refractivity contribution in [3.63, 3.8) is 0 Å². The molecule has 1 saturated heterocycles. The van der Waals surface area contributed by atoms with Crippen LogP contribution in [0.25, 0.3) is 5.65 Å². The molecule has 0 bridgehead atoms. The van der Waals surface area contributed by atoms with Gasteiger partial charge in [-0.25, -0.2) is 9.78 Å². The average Bonchev–Trinajstić information content (AvgIpc) is 2.76. The van der Waals surface area contributed by atoms with Crippen molar-refractivity contribution in [2.75, 3.05) is 18.5 Å². The predicted octanol–water partition coefficient (Wildman–Crippen LogP) is 2.01. The molecule has 20 heavy (non-hydrogen) atoms. The van der Waals surface area contributed by atoms with E-state index in [9.17, 15) is 9.90 Å². The number of aromatic nitrogens is 2. The summed E-state index contributed by atoms with van der Waals surface area (Å²) < 4.78 is 6.95. The van der Waals surface area contributed by atoms with E-state index in [0.717, 1.165) is 12.8 Å². The van der Waals surface area contributed by atoms with Gasteiger partial charge in [0.2, 0.25) is 0 Å². The minimum Gasteiger partial charge on any atom is -0.476 e. The Kier molecular flexibility index (Phi) is 3.10. The Balaban J connectivity index is 2.02. The maximum Gasteiger partial charge on any atom is 0.356 e. The van der Waals surface area contributed by atoms with Crippen LogP contribution in [0.15, 0.2) is 24.4 Å². The highest BCUT2D eigenvalue weighted by Crippen LogP contribution is 2.27. The molecule has 2 aromatic rings. The van der Waals surface area contributed by atoms with Crippen molar-refractivity contribution in [2.45, 2.75) is 25.3 Å². The number of nitrogens with one attached hydrogen (secondary N) is 1. The Morgan fingerprint density at radius 3 is 2.90 bits per heavy atom. The van der Waals surface area contributed by atoms with Gasteiger partial charge in [-0.2, -0.15) is 0 Å². The number of nitrogens with zero attached hydrogens (tertiary/aromatic N) is 2. The molecule has 6 nitrogen and oxygen atoms in total. The Bertz CT molecular complexity index is 644. The van der Waals surface area contributed by atoms with Crippen LogP contribution >= 0.6 is 0 Å². The summed E-state index contributed by atoms with van der Waals surface area (Å²) in [7, 11) is 0. The summed E-state index contributed by atoms with van der Waals surface area (Å²) in [5.74, 6) is -0.560. The highest BCUT2D eigenvalue weighted by Gasteiger charge is 2.30. The monoisotopic (exact) mass is 275 g/mol. The molecule has 0 saturated carbocycles. The number of carboxylic acids is 1. The maximum absolute atomic E-state index is 11.5. The van der Waals surface area contributed by atoms with Crippen LogP contribution in [0.1, 0.15) is 30.3 Å². The predicted molar refractivity (Wildman–Crippen MR) is 74.2 cm³/mol. The standard InChI is InChI=1S/C14H17N3O3/c1-14(5-8-20-9-6-14)16-12-11(13(18)19)17-7-3-2-4-10(17)15-12/h2-4,7,16H,5-6,8-9H2,1H3,(H,18,19). The summed E-state index contributed by atoms with van der Waals surface area (Å²) in [6.45, 7) is 3.43. The van der Waals surface area contributed by atoms with E-state index < -0.39 is 5.97 Å². The first-order valence-electron chi connectivity index (χ1n) is 6.65. The molecule has 0 aliphatic carbocycles. The van der Waals surface area contributed by atoms with Crippen molar-refractivity contribution < 1.29 is 14.6 Å². The molecule has 6 heteroatoms. The number of carbonyl (C=O) groups is 1. The molecule has 0 spiro atoms. The van der Waals surface area contributed by atoms with E-state index in [1.807, 2.05) is 6.07 Å². The van der Waals surface area contributed by atoms with Crippen LogP contribution in [0.3, 0.4) is 0 Å². The molecule has 3 heterocycles. The summed E-state index contributed by atoms with van der Waals surface area (Å²) >= 11 is 0. The van der Waals surface area contributed by atoms with Crippen LogP contribution in [0.2, 0.25) is 0 Å². The normalized spacial score (nSPS) is 18.1. The topological polar surface area (TPSA) is 75.9 Å². The molecule has 1 aliphatic rings. The summed E-state index contributed by atoms with van der Waals surface area (Å²) in [6.07, 6.45) is 3.38. The Labute approximate surface area is 116 Å². The van der Waals surface area contributed by atoms with E-state index in [4.69, 9.17) is 4.74 Å². The number of imidazole rings is 1. The fraction of sp³-hybridized carbons (Fsp3) is 0.429. The van der Waals surface area contributed by atoms with Crippen molar-refractivity contribution >= 4 is 17.4 Å². The quantitative estimate of drug-likeness (QED) is 0.896. The molecule has 0 radical (unpaired) electrons. The lowest BCUT2D eigenvalue weighted by molar-refractivity contribution is 0.0654. The zero-order chi connectivity index (χ0) is 14.2. The second-order valence-electron chi connectivity index (χ2n) is 5.34. The molecule has 0 amide bonds. The van der Waals surface area contributed by atoms with Gasteiger partial charge in [0.15, 0.2) is 11.5 Å². The first-order valence-corrected chi connectivity index (χ1v) is 6.65. The molecule has 106 valence electrons. The molecular weight excluding hydrogens is 258 g/mol. The Morgan fingerprint density at radius 2 is 2.20 bits per heavy atom. The van der Waals surface area contributed by atoms with Gasteiger partial charge < -0.3 is 15.2 Å². The van der Waals surface area contributed by atoms with E-state index >= 15 is 0 Å². The van der Waals surface area contributed by atoms with Gasteiger partial charge in [0.1, 0.15) is 5.65 Å². The third-order valence-corrected chi connectivity index (χ3v) is 3.75. The van der Waals surface area contributed by atoms with E-state index in [2.05, 4.69) is 17.2 Å². The molecule has 2 aromatic heterocycles. The van der Waals surface area contributed by atoms with E-state index in [1.165, 1.54) is 0 Å². The van der Waals surface area contributed by atoms with Crippen LogP contribution in [0.5, 0.6) is 0 Å². The molecule has 1 aliphatic heterocycles. The maximum atomic E-state index is 11.5. The number of aromatic carboxylic acids is 1. The van der Waals surface area contributed by atoms with E-state index in [-0.39, 0.29) is 11.2 Å². The van der Waals surface area contributed by atoms with Crippen LogP contribution in [-0.4, -0.2) is 39.2 Å². The van der Waals surface area contributed by atoms with Gasteiger partial charge in [-0.05, 0) is 31.9 Å². The number of hydrogen-bond donors (Lipinski definition) is 2. The van der Waals surface area contributed by atoms with Gasteiger partial charge in [-0.15, -0.1) is 0 Å². The number of carboxylic acid groups (broad SMARTS) is 1. The van der Waals surface area contributed by atoms with E-state index in [0.29, 0.717) is 24.7 Å². The number of pyridine rings is 1. The van der Waals surface area contributed by atoms with Gasteiger partial charge in [0, 0.05) is 24.9 Å². The van der Waals surface area contributed by atoms with Crippen LogP contribution in [0, 0.1) is 0 Å². The fourth-order valence-corrected chi connectivity index (χ4v) is 2.52. The first kappa shape index (κ1) is 12.9. The van der Waals surface area contributed by atoms with Crippen molar-refractivity contribution in [1.29, 1.82) is 0 Å². The highest BCUT2D eigenvalue weighted by atomic mass is 16.5. The smallest absolute Gasteiger partial charge is 0.356 e. The van der Waals surface area contributed by atoms with Gasteiger partial charge in [-0.3, -0.25) is 4.40 Å². The van der Waals surface area contributed by atoms with Gasteiger partial charge in [0.05, 0.1) is 0 Å². The average molecular weight is 275 g/mol.